The van der Waals surface area contributed by atoms with E-state index in [1.165, 1.54) is 0 Å². The van der Waals surface area contributed by atoms with Gasteiger partial charge in [0.25, 0.3) is 5.91 Å². The van der Waals surface area contributed by atoms with Gasteiger partial charge in [-0.05, 0) is 49.9 Å². The Kier molecular flexibility index (Phi) is 6.32. The van der Waals surface area contributed by atoms with Crippen LogP contribution in [0.3, 0.4) is 0 Å². The maximum absolute atomic E-state index is 12.6. The van der Waals surface area contributed by atoms with Gasteiger partial charge in [0.15, 0.2) is 0 Å². The van der Waals surface area contributed by atoms with Crippen LogP contribution in [0.1, 0.15) is 40.3 Å². The average Bonchev–Trinajstić information content (AvgIpc) is 3.05. The molecule has 3 rings (SSSR count). The van der Waals surface area contributed by atoms with Crippen LogP contribution in [0.2, 0.25) is 0 Å². The van der Waals surface area contributed by atoms with Gasteiger partial charge in [0.05, 0.1) is 10.7 Å². The van der Waals surface area contributed by atoms with Gasteiger partial charge in [0, 0.05) is 41.1 Å². The Morgan fingerprint density at radius 1 is 1.27 bits per heavy atom. The zero-order chi connectivity index (χ0) is 18.5. The van der Waals surface area contributed by atoms with E-state index in [1.54, 1.807) is 23.1 Å². The van der Waals surface area contributed by atoms with Crippen molar-refractivity contribution in [1.82, 2.24) is 9.88 Å². The first kappa shape index (κ1) is 18.9. The number of aliphatic carboxylic acids is 1. The van der Waals surface area contributed by atoms with Gasteiger partial charge in [0.2, 0.25) is 0 Å². The first-order chi connectivity index (χ1) is 12.5. The number of nitrogens with zero attached hydrogens (tertiary/aromatic N) is 2. The second kappa shape index (κ2) is 8.68. The SMILES string of the molecule is Cc1nc(CSc2ccc(C(=O)N3CCC(CC(=O)O)CC3)cc2)cs1. The van der Waals surface area contributed by atoms with Crippen molar-refractivity contribution in [1.29, 1.82) is 0 Å². The molecule has 1 aliphatic heterocycles. The Balaban J connectivity index is 1.51. The van der Waals surface area contributed by atoms with Crippen molar-refractivity contribution in [2.75, 3.05) is 13.1 Å². The molecule has 0 unspecified atom stereocenters. The molecule has 0 atom stereocenters. The molecule has 7 heteroatoms. The van der Waals surface area contributed by atoms with Gasteiger partial charge in [-0.3, -0.25) is 9.59 Å². The minimum Gasteiger partial charge on any atom is -0.481 e. The Morgan fingerprint density at radius 3 is 2.54 bits per heavy atom. The number of amides is 1. The van der Waals surface area contributed by atoms with Crippen molar-refractivity contribution in [2.24, 2.45) is 5.92 Å². The third-order valence-electron chi connectivity index (χ3n) is 4.52. The summed E-state index contributed by atoms with van der Waals surface area (Å²) in [5, 5.41) is 12.0. The normalized spacial score (nSPS) is 15.2. The van der Waals surface area contributed by atoms with Crippen molar-refractivity contribution in [3.05, 3.63) is 45.9 Å². The Labute approximate surface area is 161 Å². The van der Waals surface area contributed by atoms with Crippen LogP contribution in [0, 0.1) is 12.8 Å². The van der Waals surface area contributed by atoms with Crippen LogP contribution in [0.15, 0.2) is 34.5 Å². The van der Waals surface area contributed by atoms with Gasteiger partial charge >= 0.3 is 5.97 Å². The molecule has 26 heavy (non-hydrogen) atoms. The topological polar surface area (TPSA) is 70.5 Å². The molecular weight excluding hydrogens is 368 g/mol. The number of benzene rings is 1. The second-order valence-corrected chi connectivity index (χ2v) is 8.62. The van der Waals surface area contributed by atoms with Crippen LogP contribution in [0.25, 0.3) is 0 Å². The summed E-state index contributed by atoms with van der Waals surface area (Å²) in [6.45, 7) is 3.27. The van der Waals surface area contributed by atoms with E-state index in [4.69, 9.17) is 5.11 Å². The minimum absolute atomic E-state index is 0.0328. The van der Waals surface area contributed by atoms with Crippen LogP contribution in [0.4, 0.5) is 0 Å². The summed E-state index contributed by atoms with van der Waals surface area (Å²) >= 11 is 3.37. The number of carbonyl (C=O) groups is 2. The molecule has 0 radical (unpaired) electrons. The molecule has 2 aromatic rings. The van der Waals surface area contributed by atoms with Crippen molar-refractivity contribution in [2.45, 2.75) is 36.8 Å². The van der Waals surface area contributed by atoms with Crippen LogP contribution >= 0.6 is 23.1 Å². The molecule has 1 aliphatic rings. The monoisotopic (exact) mass is 390 g/mol. The molecule has 0 bridgehead atoms. The van der Waals surface area contributed by atoms with Gasteiger partial charge in [-0.1, -0.05) is 0 Å². The fraction of sp³-hybridized carbons (Fsp3) is 0.421. The van der Waals surface area contributed by atoms with E-state index >= 15 is 0 Å². The number of piperidine rings is 1. The van der Waals surface area contributed by atoms with E-state index in [9.17, 15) is 9.59 Å². The number of rotatable bonds is 6. The fourth-order valence-electron chi connectivity index (χ4n) is 3.10. The maximum Gasteiger partial charge on any atom is 0.303 e. The van der Waals surface area contributed by atoms with E-state index in [-0.39, 0.29) is 18.2 Å². The van der Waals surface area contributed by atoms with Crippen LogP contribution < -0.4 is 0 Å². The van der Waals surface area contributed by atoms with Gasteiger partial charge in [-0.2, -0.15) is 0 Å². The molecule has 0 spiro atoms. The summed E-state index contributed by atoms with van der Waals surface area (Å²) in [5.41, 5.74) is 1.78. The van der Waals surface area contributed by atoms with E-state index < -0.39 is 5.97 Å². The number of thioether (sulfide) groups is 1. The first-order valence-corrected chi connectivity index (χ1v) is 10.5. The predicted octanol–water partition coefficient (Wildman–Crippen LogP) is 4.07. The summed E-state index contributed by atoms with van der Waals surface area (Å²) in [6, 6.07) is 7.71. The van der Waals surface area contributed by atoms with E-state index in [0.29, 0.717) is 18.7 Å². The van der Waals surface area contributed by atoms with E-state index in [1.807, 2.05) is 36.1 Å². The number of hydrogen-bond acceptors (Lipinski definition) is 5. The lowest BCUT2D eigenvalue weighted by Crippen LogP contribution is -2.38. The summed E-state index contributed by atoms with van der Waals surface area (Å²) in [6.07, 6.45) is 1.73. The smallest absolute Gasteiger partial charge is 0.303 e. The largest absolute Gasteiger partial charge is 0.481 e. The zero-order valence-electron chi connectivity index (χ0n) is 14.7. The fourth-order valence-corrected chi connectivity index (χ4v) is 4.60. The maximum atomic E-state index is 12.6. The van der Waals surface area contributed by atoms with Crippen LogP contribution in [-0.2, 0) is 10.5 Å². The molecule has 2 heterocycles. The molecule has 1 aromatic carbocycles. The molecular formula is C19H22N2O3S2. The summed E-state index contributed by atoms with van der Waals surface area (Å²) in [7, 11) is 0. The lowest BCUT2D eigenvalue weighted by atomic mass is 9.93. The quantitative estimate of drug-likeness (QED) is 0.753. The Morgan fingerprint density at radius 2 is 1.96 bits per heavy atom. The molecule has 1 N–H and O–H groups in total. The number of carboxylic acid groups (broad SMARTS) is 1. The lowest BCUT2D eigenvalue weighted by Gasteiger charge is -2.31. The van der Waals surface area contributed by atoms with E-state index in [0.717, 1.165) is 34.2 Å². The highest BCUT2D eigenvalue weighted by Crippen LogP contribution is 2.25. The third kappa shape index (κ3) is 5.08. The van der Waals surface area contributed by atoms with Gasteiger partial charge in [-0.15, -0.1) is 23.1 Å². The molecule has 1 amide bonds. The molecule has 138 valence electrons. The number of hydrogen-bond donors (Lipinski definition) is 1. The van der Waals surface area contributed by atoms with E-state index in [2.05, 4.69) is 10.4 Å². The number of thiazole rings is 1. The van der Waals surface area contributed by atoms with Gasteiger partial charge in [0.1, 0.15) is 0 Å². The zero-order valence-corrected chi connectivity index (χ0v) is 16.3. The lowest BCUT2D eigenvalue weighted by molar-refractivity contribution is -0.138. The molecule has 1 fully saturated rings. The van der Waals surface area contributed by atoms with Crippen molar-refractivity contribution in [3.8, 4) is 0 Å². The standard InChI is InChI=1S/C19H22N2O3S2/c1-13-20-16(11-25-13)12-26-17-4-2-15(3-5-17)19(24)21-8-6-14(7-9-21)10-18(22)23/h2-5,11,14H,6-10,12H2,1H3,(H,22,23). The highest BCUT2D eigenvalue weighted by Gasteiger charge is 2.24. The van der Waals surface area contributed by atoms with Crippen LogP contribution in [-0.4, -0.2) is 40.0 Å². The third-order valence-corrected chi connectivity index (χ3v) is 6.39. The average molecular weight is 391 g/mol. The molecule has 5 nitrogen and oxygen atoms in total. The van der Waals surface area contributed by atoms with Crippen molar-refractivity contribution in [3.63, 3.8) is 0 Å². The van der Waals surface area contributed by atoms with Crippen LogP contribution in [0.5, 0.6) is 0 Å². The Hall–Kier alpha value is -1.86. The van der Waals surface area contributed by atoms with Crippen molar-refractivity contribution < 1.29 is 14.7 Å². The van der Waals surface area contributed by atoms with Crippen molar-refractivity contribution >= 4 is 35.0 Å². The number of carboxylic acids is 1. The second-order valence-electron chi connectivity index (χ2n) is 6.50. The number of carbonyl (C=O) groups excluding carboxylic acids is 1. The van der Waals surface area contributed by atoms with Gasteiger partial charge < -0.3 is 10.0 Å². The molecule has 1 aromatic heterocycles. The predicted molar refractivity (Wildman–Crippen MR) is 104 cm³/mol. The molecule has 1 saturated heterocycles. The van der Waals surface area contributed by atoms with Gasteiger partial charge in [-0.25, -0.2) is 4.98 Å². The summed E-state index contributed by atoms with van der Waals surface area (Å²) < 4.78 is 0. The highest BCUT2D eigenvalue weighted by molar-refractivity contribution is 7.98. The highest BCUT2D eigenvalue weighted by atomic mass is 32.2. The minimum atomic E-state index is -0.754. The summed E-state index contributed by atoms with van der Waals surface area (Å²) in [5.74, 6) is 0.292. The molecule has 0 aliphatic carbocycles. The summed E-state index contributed by atoms with van der Waals surface area (Å²) in [4.78, 5) is 30.8. The first-order valence-electron chi connectivity index (χ1n) is 8.66. The Bertz CT molecular complexity index is 765. The molecule has 0 saturated carbocycles. The number of aryl methyl sites for hydroxylation is 1. The number of likely N-dealkylation sites (tertiary alicyclic amines) is 1. The number of aromatic nitrogens is 1.